The van der Waals surface area contributed by atoms with E-state index in [1.807, 2.05) is 91.0 Å². The number of rotatable bonds is 16. The number of fused-ring (bicyclic) bond motifs is 2. The average Bonchev–Trinajstić information content (AvgIpc) is 1.74. The van der Waals surface area contributed by atoms with Gasteiger partial charge in [0.05, 0.1) is 23.1 Å². The molecule has 28 heteroatoms. The summed E-state index contributed by atoms with van der Waals surface area (Å²) in [7, 11) is 10.2. The minimum absolute atomic E-state index is 0.0924. The first-order valence-corrected chi connectivity index (χ1v) is 30.9. The summed E-state index contributed by atoms with van der Waals surface area (Å²) in [4.78, 5) is 79.0. The summed E-state index contributed by atoms with van der Waals surface area (Å²) >= 11 is 29.0. The van der Waals surface area contributed by atoms with Crippen molar-refractivity contribution < 1.29 is 71.5 Å². The standard InChI is InChI=1S/C18H16ClNO5.C16H12ClNO5.3C9H12N2O.C8H5Cl3O2/c1-3-22-17(21)11(2)23-13-5-7-14(8-6-13)24-18-20-15-9-4-12(19)10-16(15)25-18;1-9(15(19)20)21-11-3-5-12(6-4-11)22-16-18-13-7-2-10(17)8-14(13)23-16;3*1-11(2)9(12)10-8-6-4-3-5-7-8;9-5-1-2-6(10)8(11)4(5)3-7(12)13/h4-11H,3H2,1-2H3;2-9H,1H3,(H,19,20);3*3-7H,1-2H3,(H,10,12);1-2H,3H2,(H,12,13). The van der Waals surface area contributed by atoms with Crippen LogP contribution in [0, 0.1) is 0 Å². The number of urea groups is 3. The summed E-state index contributed by atoms with van der Waals surface area (Å²) in [6.07, 6.45) is -1.63. The van der Waals surface area contributed by atoms with Gasteiger partial charge in [-0.3, -0.25) is 4.79 Å². The number of anilines is 3. The van der Waals surface area contributed by atoms with Gasteiger partial charge in [-0.25, -0.2) is 24.0 Å². The second-order valence-corrected chi connectivity index (χ2v) is 22.5. The Morgan fingerprint density at radius 2 is 0.825 bits per heavy atom. The van der Waals surface area contributed by atoms with E-state index < -0.39 is 30.1 Å². The van der Waals surface area contributed by atoms with Crippen LogP contribution < -0.4 is 34.9 Å². The van der Waals surface area contributed by atoms with E-state index >= 15 is 0 Å². The Morgan fingerprint density at radius 3 is 1.16 bits per heavy atom. The van der Waals surface area contributed by atoms with E-state index in [4.69, 9.17) is 101 Å². The van der Waals surface area contributed by atoms with Crippen LogP contribution in [0.3, 0.4) is 0 Å². The van der Waals surface area contributed by atoms with Gasteiger partial charge in [-0.1, -0.05) is 113 Å². The normalized spacial score (nSPS) is 10.7. The molecule has 2 heterocycles. The molecule has 0 aliphatic rings. The Bertz CT molecular complexity index is 4020. The van der Waals surface area contributed by atoms with E-state index in [0.717, 1.165) is 17.1 Å². The van der Waals surface area contributed by atoms with Gasteiger partial charge in [-0.05, 0) is 142 Å². The van der Waals surface area contributed by atoms with Crippen molar-refractivity contribution in [3.8, 4) is 35.2 Å². The zero-order valence-electron chi connectivity index (χ0n) is 53.8. The van der Waals surface area contributed by atoms with Crippen molar-refractivity contribution >= 4 is 133 Å². The number of nitrogens with one attached hydrogen (secondary N) is 3. The summed E-state index contributed by atoms with van der Waals surface area (Å²) in [5.41, 5.74) is 5.17. The number of amides is 6. The summed E-state index contributed by atoms with van der Waals surface area (Å²) in [5.74, 6) is -0.477. The van der Waals surface area contributed by atoms with Crippen molar-refractivity contribution in [1.29, 1.82) is 0 Å². The molecule has 10 aromatic rings. The molecule has 2 aromatic heterocycles. The van der Waals surface area contributed by atoms with Crippen molar-refractivity contribution in [1.82, 2.24) is 24.7 Å². The second-order valence-electron chi connectivity index (χ2n) is 20.4. The summed E-state index contributed by atoms with van der Waals surface area (Å²) in [6.45, 7) is 5.15. The van der Waals surface area contributed by atoms with Crippen LogP contribution in [-0.4, -0.2) is 132 Å². The van der Waals surface area contributed by atoms with Crippen LogP contribution >= 0.6 is 58.0 Å². The van der Waals surface area contributed by atoms with E-state index in [1.54, 1.807) is 141 Å². The van der Waals surface area contributed by atoms with Crippen LogP contribution in [0.5, 0.6) is 35.2 Å². The van der Waals surface area contributed by atoms with E-state index in [2.05, 4.69) is 25.9 Å². The van der Waals surface area contributed by atoms with Crippen molar-refractivity contribution in [3.05, 3.63) is 219 Å². The number of nitrogens with zero attached hydrogens (tertiary/aromatic N) is 5. The molecule has 0 saturated heterocycles. The first kappa shape index (κ1) is 77.3. The number of carbonyl (C=O) groups is 6. The smallest absolute Gasteiger partial charge is 0.400 e. The van der Waals surface area contributed by atoms with Gasteiger partial charge in [0.2, 0.25) is 0 Å². The highest BCUT2D eigenvalue weighted by molar-refractivity contribution is 6.44. The van der Waals surface area contributed by atoms with Gasteiger partial charge in [0.1, 0.15) is 34.0 Å². The van der Waals surface area contributed by atoms with Gasteiger partial charge >= 0.3 is 48.2 Å². The van der Waals surface area contributed by atoms with Crippen LogP contribution in [0.4, 0.5) is 31.4 Å². The fraction of sp³-hybridized carbons (Fsp3) is 0.188. The molecule has 97 heavy (non-hydrogen) atoms. The molecular formula is C69H69Cl5N8O15. The monoisotopic (exact) mass is 1420 g/mol. The SMILES string of the molecule is CC(Oc1ccc(Oc2nc3ccc(Cl)cc3o2)cc1)C(=O)O.CCOC(=O)C(C)Oc1ccc(Oc2nc3ccc(Cl)cc3o2)cc1.CN(C)C(=O)Nc1ccccc1.CN(C)C(=O)Nc1ccccc1.CN(C)C(=O)Nc1ccccc1.O=C(O)Cc1c(Cl)ccc(Cl)c1Cl. The largest absolute Gasteiger partial charge is 0.481 e. The number of aromatic nitrogens is 2. The second kappa shape index (κ2) is 39.4. The topological polar surface area (TPSA) is 287 Å². The van der Waals surface area contributed by atoms with E-state index in [-0.39, 0.29) is 41.7 Å². The number of para-hydroxylation sites is 3. The number of esters is 1. The zero-order chi connectivity index (χ0) is 71.1. The van der Waals surface area contributed by atoms with Crippen molar-refractivity contribution in [3.63, 3.8) is 0 Å². The molecule has 0 aliphatic heterocycles. The quantitative estimate of drug-likeness (QED) is 0.0444. The molecule has 2 atom stereocenters. The van der Waals surface area contributed by atoms with Gasteiger partial charge in [0.25, 0.3) is 0 Å². The molecule has 6 amide bonds. The molecule has 0 radical (unpaired) electrons. The number of benzene rings is 8. The molecule has 0 spiro atoms. The lowest BCUT2D eigenvalue weighted by atomic mass is 10.1. The molecule has 0 aliphatic carbocycles. The van der Waals surface area contributed by atoms with Gasteiger partial charge in [-0.2, -0.15) is 9.97 Å². The molecule has 8 aromatic carbocycles. The van der Waals surface area contributed by atoms with Crippen molar-refractivity contribution in [2.75, 3.05) is 64.8 Å². The molecule has 23 nitrogen and oxygen atoms in total. The number of hydrogen-bond donors (Lipinski definition) is 5. The molecule has 0 bridgehead atoms. The lowest BCUT2D eigenvalue weighted by Gasteiger charge is -2.13. The van der Waals surface area contributed by atoms with Gasteiger partial charge in [0, 0.05) is 92.1 Å². The molecule has 10 rings (SSSR count). The molecule has 0 saturated carbocycles. The number of ether oxygens (including phenoxy) is 5. The van der Waals surface area contributed by atoms with Crippen molar-refractivity contribution in [2.45, 2.75) is 39.4 Å². The maximum absolute atomic E-state index is 11.6. The lowest BCUT2D eigenvalue weighted by molar-refractivity contribution is -0.150. The molecular weight excluding hydrogens is 1360 g/mol. The highest BCUT2D eigenvalue weighted by Gasteiger charge is 2.18. The predicted octanol–water partition coefficient (Wildman–Crippen LogP) is 17.3. The van der Waals surface area contributed by atoms with E-state index in [9.17, 15) is 28.8 Å². The maximum atomic E-state index is 11.6. The highest BCUT2D eigenvalue weighted by atomic mass is 35.5. The van der Waals surface area contributed by atoms with Crippen LogP contribution in [0.1, 0.15) is 26.3 Å². The number of aliphatic carboxylic acids is 2. The van der Waals surface area contributed by atoms with Crippen molar-refractivity contribution in [2.24, 2.45) is 0 Å². The van der Waals surface area contributed by atoms with E-state index in [1.165, 1.54) is 33.8 Å². The van der Waals surface area contributed by atoms with Gasteiger partial charge in [-0.15, -0.1) is 0 Å². The third kappa shape index (κ3) is 27.4. The van der Waals surface area contributed by atoms with Crippen LogP contribution in [0.15, 0.2) is 197 Å². The summed E-state index contributed by atoms with van der Waals surface area (Å²) < 4.78 is 37.7. The van der Waals surface area contributed by atoms with Crippen LogP contribution in [0.2, 0.25) is 25.1 Å². The Balaban J connectivity index is 0.000000217. The highest BCUT2D eigenvalue weighted by Crippen LogP contribution is 2.33. The molecule has 5 N–H and O–H groups in total. The fourth-order valence-electron chi connectivity index (χ4n) is 7.14. The average molecular weight is 1430 g/mol. The summed E-state index contributed by atoms with van der Waals surface area (Å²) in [6, 6.07) is 54.3. The van der Waals surface area contributed by atoms with Crippen LogP contribution in [-0.2, 0) is 25.5 Å². The van der Waals surface area contributed by atoms with Crippen LogP contribution in [0.25, 0.3) is 22.2 Å². The number of carbonyl (C=O) groups excluding carboxylic acids is 4. The minimum atomic E-state index is -1.03. The lowest BCUT2D eigenvalue weighted by Crippen LogP contribution is -2.27. The molecule has 510 valence electrons. The number of oxazole rings is 2. The number of halogens is 5. The Hall–Kier alpha value is -10.4. The number of carboxylic acid groups (broad SMARTS) is 2. The van der Waals surface area contributed by atoms with Gasteiger partial charge in [0.15, 0.2) is 23.4 Å². The number of carboxylic acids is 2. The third-order valence-corrected chi connectivity index (χ3v) is 13.7. The maximum Gasteiger partial charge on any atom is 0.400 e. The van der Waals surface area contributed by atoms with Gasteiger partial charge < -0.3 is 73.4 Å². The first-order chi connectivity index (χ1) is 46.2. The molecule has 0 fully saturated rings. The Labute approximate surface area is 584 Å². The Morgan fingerprint density at radius 1 is 0.474 bits per heavy atom. The fourth-order valence-corrected chi connectivity index (χ4v) is 8.14. The Kier molecular flexibility index (Phi) is 31.4. The third-order valence-electron chi connectivity index (χ3n) is 12.1. The first-order valence-electron chi connectivity index (χ1n) is 29.0. The predicted molar refractivity (Wildman–Crippen MR) is 376 cm³/mol. The molecule has 2 unspecified atom stereocenters. The van der Waals surface area contributed by atoms with E-state index in [0.29, 0.717) is 77.5 Å². The zero-order valence-corrected chi connectivity index (χ0v) is 57.6. The minimum Gasteiger partial charge on any atom is -0.481 e. The number of hydrogen-bond acceptors (Lipinski definition) is 15. The summed E-state index contributed by atoms with van der Waals surface area (Å²) in [5, 5.41) is 27.5.